The molecule has 2 nitrogen and oxygen atoms in total. The van der Waals surface area contributed by atoms with Crippen LogP contribution in [0.1, 0.15) is 27.7 Å². The first-order chi connectivity index (χ1) is 16.3. The molecule has 0 unspecified atom stereocenters. The highest BCUT2D eigenvalue weighted by Crippen LogP contribution is 2.42. The molecule has 1 aliphatic heterocycles. The van der Waals surface area contributed by atoms with Crippen LogP contribution in [0.2, 0.25) is 0 Å². The van der Waals surface area contributed by atoms with Gasteiger partial charge in [-0.15, -0.1) is 11.3 Å². The lowest BCUT2D eigenvalue weighted by atomic mass is 9.77. The van der Waals surface area contributed by atoms with Crippen molar-refractivity contribution >= 4 is 76.4 Å². The number of hydrogen-bond acceptors (Lipinski definition) is 3. The van der Waals surface area contributed by atoms with E-state index in [1.807, 2.05) is 11.3 Å². The fourth-order valence-corrected chi connectivity index (χ4v) is 6.44. The molecule has 2 heterocycles. The van der Waals surface area contributed by atoms with Gasteiger partial charge in [-0.1, -0.05) is 60.7 Å². The van der Waals surface area contributed by atoms with E-state index < -0.39 is 0 Å². The summed E-state index contributed by atoms with van der Waals surface area (Å²) >= 11 is 1.87. The molecular weight excluding hydrogens is 435 g/mol. The first-order valence-corrected chi connectivity index (χ1v) is 12.7. The number of hydrogen-bond donors (Lipinski definition) is 0. The maximum absolute atomic E-state index is 6.37. The third-order valence-electron chi connectivity index (χ3n) is 7.88. The van der Waals surface area contributed by atoms with Gasteiger partial charge in [0.15, 0.2) is 0 Å². The molecule has 0 N–H and O–H groups in total. The Labute approximate surface area is 203 Å². The first kappa shape index (κ1) is 20.5. The zero-order valence-corrected chi connectivity index (χ0v) is 20.6. The molecule has 34 heavy (non-hydrogen) atoms. The van der Waals surface area contributed by atoms with Crippen LogP contribution in [0.15, 0.2) is 78.9 Å². The van der Waals surface area contributed by atoms with E-state index in [-0.39, 0.29) is 18.3 Å². The summed E-state index contributed by atoms with van der Waals surface area (Å²) in [6, 6.07) is 29.0. The third-order valence-corrected chi connectivity index (χ3v) is 9.02. The van der Waals surface area contributed by atoms with E-state index in [1.54, 1.807) is 0 Å². The van der Waals surface area contributed by atoms with Gasteiger partial charge in [0, 0.05) is 20.2 Å². The molecule has 1 saturated heterocycles. The molecule has 5 aromatic carbocycles. The van der Waals surface area contributed by atoms with Gasteiger partial charge >= 0.3 is 7.12 Å². The van der Waals surface area contributed by atoms with Crippen LogP contribution in [0, 0.1) is 0 Å². The Morgan fingerprint density at radius 2 is 1.09 bits per heavy atom. The number of rotatable bonds is 1. The molecule has 0 radical (unpaired) electrons. The molecule has 0 spiro atoms. The van der Waals surface area contributed by atoms with Crippen LogP contribution in [0.4, 0.5) is 0 Å². The third kappa shape index (κ3) is 2.77. The molecule has 7 rings (SSSR count). The summed E-state index contributed by atoms with van der Waals surface area (Å²) in [6.07, 6.45) is 0. The van der Waals surface area contributed by atoms with Crippen LogP contribution in [-0.2, 0) is 9.31 Å². The van der Waals surface area contributed by atoms with Crippen LogP contribution in [-0.4, -0.2) is 18.3 Å². The van der Waals surface area contributed by atoms with Crippen LogP contribution in [0.3, 0.4) is 0 Å². The molecule has 4 heteroatoms. The second-order valence-corrected chi connectivity index (χ2v) is 11.5. The maximum atomic E-state index is 6.37. The minimum atomic E-state index is -0.367. The van der Waals surface area contributed by atoms with Crippen molar-refractivity contribution in [3.8, 4) is 0 Å². The van der Waals surface area contributed by atoms with E-state index in [9.17, 15) is 0 Å². The van der Waals surface area contributed by atoms with Crippen molar-refractivity contribution < 1.29 is 9.31 Å². The average Bonchev–Trinajstić information content (AvgIpc) is 3.30. The zero-order chi connectivity index (χ0) is 23.2. The van der Waals surface area contributed by atoms with Gasteiger partial charge in [-0.3, -0.25) is 0 Å². The van der Waals surface area contributed by atoms with Crippen molar-refractivity contribution in [3.05, 3.63) is 78.9 Å². The Morgan fingerprint density at radius 3 is 1.79 bits per heavy atom. The normalized spacial score (nSPS) is 17.6. The van der Waals surface area contributed by atoms with Crippen molar-refractivity contribution in [3.63, 3.8) is 0 Å². The van der Waals surface area contributed by atoms with Crippen LogP contribution < -0.4 is 5.46 Å². The monoisotopic (exact) mass is 460 g/mol. The molecule has 0 aliphatic carbocycles. The molecule has 1 fully saturated rings. The summed E-state index contributed by atoms with van der Waals surface area (Å²) in [6.45, 7) is 8.42. The van der Waals surface area contributed by atoms with Gasteiger partial charge < -0.3 is 9.31 Å². The lowest BCUT2D eigenvalue weighted by Crippen LogP contribution is -2.41. The number of fused-ring (bicyclic) bond motifs is 9. The Bertz CT molecular complexity index is 1760. The van der Waals surface area contributed by atoms with Gasteiger partial charge in [0.25, 0.3) is 0 Å². The average molecular weight is 460 g/mol. The molecule has 0 amide bonds. The predicted octanol–water partition coefficient (Wildman–Crippen LogP) is 7.81. The Hall–Kier alpha value is -2.92. The van der Waals surface area contributed by atoms with Gasteiger partial charge in [-0.25, -0.2) is 0 Å². The second kappa shape index (κ2) is 6.82. The summed E-state index contributed by atoms with van der Waals surface area (Å²) < 4.78 is 15.4. The van der Waals surface area contributed by atoms with E-state index in [1.165, 1.54) is 52.5 Å². The van der Waals surface area contributed by atoms with E-state index in [4.69, 9.17) is 9.31 Å². The highest BCUT2D eigenvalue weighted by atomic mass is 32.1. The molecule has 0 saturated carbocycles. The summed E-state index contributed by atoms with van der Waals surface area (Å²) in [5.74, 6) is 0. The van der Waals surface area contributed by atoms with E-state index in [0.717, 1.165) is 5.46 Å². The molecule has 0 atom stereocenters. The lowest BCUT2D eigenvalue weighted by Gasteiger charge is -2.32. The fourth-order valence-electron chi connectivity index (χ4n) is 5.32. The van der Waals surface area contributed by atoms with Crippen molar-refractivity contribution in [2.45, 2.75) is 38.9 Å². The van der Waals surface area contributed by atoms with E-state index >= 15 is 0 Å². The highest BCUT2D eigenvalue weighted by molar-refractivity contribution is 7.25. The number of thiophene rings is 1. The Morgan fingerprint density at radius 1 is 0.529 bits per heavy atom. The molecule has 1 aliphatic rings. The van der Waals surface area contributed by atoms with Crippen molar-refractivity contribution in [2.24, 2.45) is 0 Å². The number of benzene rings is 5. The molecule has 0 bridgehead atoms. The largest absolute Gasteiger partial charge is 0.494 e. The quantitative estimate of drug-likeness (QED) is 0.184. The minimum Gasteiger partial charge on any atom is -0.399 e. The molecule has 166 valence electrons. The van der Waals surface area contributed by atoms with Gasteiger partial charge in [-0.2, -0.15) is 0 Å². The summed E-state index contributed by atoms with van der Waals surface area (Å²) in [5.41, 5.74) is 0.356. The maximum Gasteiger partial charge on any atom is 0.494 e. The summed E-state index contributed by atoms with van der Waals surface area (Å²) in [7, 11) is -0.367. The van der Waals surface area contributed by atoms with Crippen molar-refractivity contribution in [1.29, 1.82) is 0 Å². The minimum absolute atomic E-state index is 0.356. The van der Waals surface area contributed by atoms with E-state index in [0.29, 0.717) is 0 Å². The van der Waals surface area contributed by atoms with Gasteiger partial charge in [0.05, 0.1) is 11.2 Å². The summed E-state index contributed by atoms with van der Waals surface area (Å²) in [4.78, 5) is 0. The van der Waals surface area contributed by atoms with Crippen LogP contribution in [0.25, 0.3) is 52.5 Å². The van der Waals surface area contributed by atoms with Crippen LogP contribution in [0.5, 0.6) is 0 Å². The molecule has 6 aromatic rings. The lowest BCUT2D eigenvalue weighted by molar-refractivity contribution is 0.00578. The van der Waals surface area contributed by atoms with Crippen LogP contribution >= 0.6 is 11.3 Å². The van der Waals surface area contributed by atoms with Gasteiger partial charge in [-0.05, 0) is 83.7 Å². The van der Waals surface area contributed by atoms with E-state index in [2.05, 4.69) is 107 Å². The first-order valence-electron chi connectivity index (χ1n) is 11.9. The predicted molar refractivity (Wildman–Crippen MR) is 148 cm³/mol. The smallest absolute Gasteiger partial charge is 0.399 e. The van der Waals surface area contributed by atoms with Gasteiger partial charge in [0.2, 0.25) is 0 Å². The highest BCUT2D eigenvalue weighted by Gasteiger charge is 2.51. The van der Waals surface area contributed by atoms with Crippen molar-refractivity contribution in [1.82, 2.24) is 0 Å². The van der Waals surface area contributed by atoms with Crippen molar-refractivity contribution in [2.75, 3.05) is 0 Å². The summed E-state index contributed by atoms with van der Waals surface area (Å²) in [5, 5.41) is 10.4. The second-order valence-electron chi connectivity index (χ2n) is 10.4. The Balaban J connectivity index is 1.54. The fraction of sp³-hybridized carbons (Fsp3) is 0.200. The topological polar surface area (TPSA) is 18.5 Å². The molecule has 1 aromatic heterocycles. The zero-order valence-electron chi connectivity index (χ0n) is 19.8. The van der Waals surface area contributed by atoms with Gasteiger partial charge in [0.1, 0.15) is 0 Å². The Kier molecular flexibility index (Phi) is 4.10. The molecular formula is C30H25BO2S. The standard InChI is InChI=1S/C30H25BO2S/c1-29(2)30(3,4)33-31(32-29)18-13-14-21-23(15-18)19-9-5-6-10-20(19)24-16-26-22-11-7-8-12-27(22)34-28(26)17-25(21)24/h5-17H,1-4H3. The SMILES string of the molecule is CC1(C)OB(c2ccc3c(c2)c2ccccc2c2cc4c(cc32)sc2ccccc24)OC1(C)C.